The Morgan fingerprint density at radius 2 is 2.21 bits per heavy atom. The first-order chi connectivity index (χ1) is 6.74. The molecule has 78 valence electrons. The van der Waals surface area contributed by atoms with Crippen LogP contribution in [0.5, 0.6) is 0 Å². The highest BCUT2D eigenvalue weighted by atomic mass is 35.5. The second-order valence-electron chi connectivity index (χ2n) is 3.00. The van der Waals surface area contributed by atoms with Gasteiger partial charge in [0.25, 0.3) is 0 Å². The summed E-state index contributed by atoms with van der Waals surface area (Å²) in [4.78, 5) is 0. The molecule has 0 aliphatic heterocycles. The fourth-order valence-electron chi connectivity index (χ4n) is 1.09. The highest BCUT2D eigenvalue weighted by molar-refractivity contribution is 6.30. The third-order valence-electron chi connectivity index (χ3n) is 1.82. The smallest absolute Gasteiger partial charge is 0.142 e. The van der Waals surface area contributed by atoms with Gasteiger partial charge in [-0.2, -0.15) is 0 Å². The summed E-state index contributed by atoms with van der Waals surface area (Å²) in [6.45, 7) is 1.48. The summed E-state index contributed by atoms with van der Waals surface area (Å²) < 4.78 is 13.0. The summed E-state index contributed by atoms with van der Waals surface area (Å²) >= 11 is 5.54. The monoisotopic (exact) mass is 217 g/mol. The predicted molar refractivity (Wildman–Crippen MR) is 54.8 cm³/mol. The first-order valence-corrected chi connectivity index (χ1v) is 4.87. The lowest BCUT2D eigenvalue weighted by Crippen LogP contribution is -2.15. The van der Waals surface area contributed by atoms with Gasteiger partial charge < -0.3 is 10.4 Å². The van der Waals surface area contributed by atoms with Gasteiger partial charge in [0.15, 0.2) is 0 Å². The van der Waals surface area contributed by atoms with E-state index in [1.54, 1.807) is 12.1 Å². The number of hydrogen-bond donors (Lipinski definition) is 2. The first kappa shape index (κ1) is 11.4. The zero-order chi connectivity index (χ0) is 10.4. The molecule has 1 aromatic carbocycles. The van der Waals surface area contributed by atoms with Crippen molar-refractivity contribution in [2.24, 2.45) is 0 Å². The SMILES string of the molecule is OCCCNCc1ccc(Cl)c(F)c1. The number of aliphatic hydroxyl groups excluding tert-OH is 1. The van der Waals surface area contributed by atoms with Gasteiger partial charge in [0.2, 0.25) is 0 Å². The molecule has 0 amide bonds. The van der Waals surface area contributed by atoms with Crippen LogP contribution in [0.1, 0.15) is 12.0 Å². The molecule has 2 nitrogen and oxygen atoms in total. The molecule has 0 saturated heterocycles. The van der Waals surface area contributed by atoms with Crippen molar-refractivity contribution in [2.75, 3.05) is 13.2 Å². The Kier molecular flexibility index (Phi) is 4.87. The molecule has 1 rings (SSSR count). The van der Waals surface area contributed by atoms with Crippen molar-refractivity contribution >= 4 is 11.6 Å². The largest absolute Gasteiger partial charge is 0.396 e. The van der Waals surface area contributed by atoms with E-state index in [9.17, 15) is 4.39 Å². The van der Waals surface area contributed by atoms with Crippen LogP contribution in [0.25, 0.3) is 0 Å². The molecule has 0 atom stereocenters. The number of hydrogen-bond acceptors (Lipinski definition) is 2. The first-order valence-electron chi connectivity index (χ1n) is 4.49. The van der Waals surface area contributed by atoms with Crippen molar-refractivity contribution in [3.8, 4) is 0 Å². The van der Waals surface area contributed by atoms with Crippen molar-refractivity contribution in [3.63, 3.8) is 0 Å². The van der Waals surface area contributed by atoms with Crippen molar-refractivity contribution < 1.29 is 9.50 Å². The van der Waals surface area contributed by atoms with Crippen LogP contribution in [0.3, 0.4) is 0 Å². The third kappa shape index (κ3) is 3.62. The quantitative estimate of drug-likeness (QED) is 0.739. The molecule has 1 aromatic rings. The number of benzene rings is 1. The Bertz CT molecular complexity index is 293. The van der Waals surface area contributed by atoms with Crippen molar-refractivity contribution in [1.29, 1.82) is 0 Å². The summed E-state index contributed by atoms with van der Waals surface area (Å²) in [6, 6.07) is 4.73. The number of nitrogens with one attached hydrogen (secondary N) is 1. The van der Waals surface area contributed by atoms with E-state index in [1.165, 1.54) is 6.07 Å². The Morgan fingerprint density at radius 1 is 1.43 bits per heavy atom. The Labute approximate surface area is 87.7 Å². The van der Waals surface area contributed by atoms with Gasteiger partial charge in [0, 0.05) is 13.2 Å². The van der Waals surface area contributed by atoms with Crippen LogP contribution in [-0.2, 0) is 6.54 Å². The van der Waals surface area contributed by atoms with Gasteiger partial charge in [-0.3, -0.25) is 0 Å². The summed E-state index contributed by atoms with van der Waals surface area (Å²) in [6.07, 6.45) is 0.704. The number of aliphatic hydroxyl groups is 1. The van der Waals surface area contributed by atoms with Gasteiger partial charge >= 0.3 is 0 Å². The van der Waals surface area contributed by atoms with Crippen LogP contribution in [0.15, 0.2) is 18.2 Å². The van der Waals surface area contributed by atoms with Crippen LogP contribution >= 0.6 is 11.6 Å². The summed E-state index contributed by atoms with van der Waals surface area (Å²) in [5, 5.41) is 11.7. The molecule has 0 fully saturated rings. The molecule has 0 radical (unpaired) electrons. The lowest BCUT2D eigenvalue weighted by molar-refractivity contribution is 0.286. The normalized spacial score (nSPS) is 10.5. The van der Waals surface area contributed by atoms with Crippen LogP contribution in [0, 0.1) is 5.82 Å². The standard InChI is InChI=1S/C10H13ClFNO/c11-9-3-2-8(6-10(9)12)7-13-4-1-5-14/h2-3,6,13-14H,1,4-5,7H2. The molecular weight excluding hydrogens is 205 g/mol. The van der Waals surface area contributed by atoms with Gasteiger partial charge in [-0.15, -0.1) is 0 Å². The van der Waals surface area contributed by atoms with E-state index >= 15 is 0 Å². The molecule has 4 heteroatoms. The fourth-order valence-corrected chi connectivity index (χ4v) is 1.20. The van der Waals surface area contributed by atoms with Crippen molar-refractivity contribution in [2.45, 2.75) is 13.0 Å². The topological polar surface area (TPSA) is 32.3 Å². The molecule has 14 heavy (non-hydrogen) atoms. The predicted octanol–water partition coefficient (Wildman–Crippen LogP) is 1.95. The lowest BCUT2D eigenvalue weighted by atomic mass is 10.2. The van der Waals surface area contributed by atoms with E-state index in [2.05, 4.69) is 5.32 Å². The molecule has 0 heterocycles. The van der Waals surface area contributed by atoms with E-state index in [0.717, 1.165) is 12.1 Å². The molecule has 0 saturated carbocycles. The summed E-state index contributed by atoms with van der Waals surface area (Å²) in [5.74, 6) is -0.395. The highest BCUT2D eigenvalue weighted by Gasteiger charge is 1.99. The van der Waals surface area contributed by atoms with Crippen LogP contribution < -0.4 is 5.32 Å². The maximum atomic E-state index is 13.0. The molecule has 0 aromatic heterocycles. The molecule has 0 aliphatic carbocycles. The van der Waals surface area contributed by atoms with Gasteiger partial charge in [-0.1, -0.05) is 17.7 Å². The van der Waals surface area contributed by atoms with Gasteiger partial charge in [-0.25, -0.2) is 4.39 Å². The molecule has 0 aliphatic rings. The Morgan fingerprint density at radius 3 is 2.86 bits per heavy atom. The molecule has 0 bridgehead atoms. The van der Waals surface area contributed by atoms with E-state index in [4.69, 9.17) is 16.7 Å². The van der Waals surface area contributed by atoms with Gasteiger partial charge in [0.05, 0.1) is 5.02 Å². The van der Waals surface area contributed by atoms with Crippen LogP contribution in [-0.4, -0.2) is 18.3 Å². The molecule has 2 N–H and O–H groups in total. The average molecular weight is 218 g/mol. The molecule has 0 unspecified atom stereocenters. The van der Waals surface area contributed by atoms with Crippen LogP contribution in [0.2, 0.25) is 5.02 Å². The van der Waals surface area contributed by atoms with Crippen LogP contribution in [0.4, 0.5) is 4.39 Å². The molecular formula is C10H13ClFNO. The zero-order valence-electron chi connectivity index (χ0n) is 7.76. The van der Waals surface area contributed by atoms with E-state index in [1.807, 2.05) is 0 Å². The average Bonchev–Trinajstić information content (AvgIpc) is 2.18. The minimum Gasteiger partial charge on any atom is -0.396 e. The second kappa shape index (κ2) is 5.96. The maximum Gasteiger partial charge on any atom is 0.142 e. The highest BCUT2D eigenvalue weighted by Crippen LogP contribution is 2.15. The number of rotatable bonds is 5. The minimum absolute atomic E-state index is 0.143. The summed E-state index contributed by atoms with van der Waals surface area (Å²) in [7, 11) is 0. The number of halogens is 2. The zero-order valence-corrected chi connectivity index (χ0v) is 8.52. The van der Waals surface area contributed by atoms with Gasteiger partial charge in [0.1, 0.15) is 5.82 Å². The van der Waals surface area contributed by atoms with E-state index in [0.29, 0.717) is 13.0 Å². The van der Waals surface area contributed by atoms with Gasteiger partial charge in [-0.05, 0) is 30.7 Å². The minimum atomic E-state index is -0.395. The van der Waals surface area contributed by atoms with E-state index in [-0.39, 0.29) is 11.6 Å². The third-order valence-corrected chi connectivity index (χ3v) is 2.13. The van der Waals surface area contributed by atoms with E-state index < -0.39 is 5.82 Å². The fraction of sp³-hybridized carbons (Fsp3) is 0.400. The lowest BCUT2D eigenvalue weighted by Gasteiger charge is -2.04. The summed E-state index contributed by atoms with van der Waals surface area (Å²) in [5.41, 5.74) is 0.852. The second-order valence-corrected chi connectivity index (χ2v) is 3.41. The molecule has 0 spiro atoms. The maximum absolute atomic E-state index is 13.0. The Hall–Kier alpha value is -0.640. The van der Waals surface area contributed by atoms with Crippen molar-refractivity contribution in [3.05, 3.63) is 34.6 Å². The Balaban J connectivity index is 2.39. The van der Waals surface area contributed by atoms with Crippen molar-refractivity contribution in [1.82, 2.24) is 5.32 Å².